The summed E-state index contributed by atoms with van der Waals surface area (Å²) in [5, 5.41) is 0. The van der Waals surface area contributed by atoms with Gasteiger partial charge in [0.15, 0.2) is 0 Å². The third-order valence-electron chi connectivity index (χ3n) is 2.76. The molecular weight excluding hydrogens is 274 g/mol. The van der Waals surface area contributed by atoms with E-state index in [0.717, 1.165) is 0 Å². The molecule has 20 heavy (non-hydrogen) atoms. The summed E-state index contributed by atoms with van der Waals surface area (Å²) in [5.41, 5.74) is 6.92. The predicted octanol–water partition coefficient (Wildman–Crippen LogP) is 1.26. The van der Waals surface area contributed by atoms with Crippen molar-refractivity contribution >= 4 is 17.2 Å². The van der Waals surface area contributed by atoms with Crippen LogP contribution in [0.25, 0.3) is 0 Å². The van der Waals surface area contributed by atoms with E-state index in [9.17, 15) is 4.79 Å². The largest absolute Gasteiger partial charge is 0.491 e. The Morgan fingerprint density at radius 2 is 2.20 bits per heavy atom. The minimum atomic E-state index is -0.0938. The van der Waals surface area contributed by atoms with Crippen LogP contribution in [0.5, 0.6) is 5.75 Å². The molecule has 6 heteroatoms. The van der Waals surface area contributed by atoms with E-state index >= 15 is 0 Å². The van der Waals surface area contributed by atoms with Crippen molar-refractivity contribution in [3.05, 3.63) is 58.3 Å². The highest BCUT2D eigenvalue weighted by molar-refractivity contribution is 7.80. The van der Waals surface area contributed by atoms with E-state index in [1.165, 1.54) is 17.0 Å². The number of para-hydroxylation sites is 1. The van der Waals surface area contributed by atoms with Crippen molar-refractivity contribution in [1.29, 1.82) is 0 Å². The molecule has 0 aliphatic heterocycles. The lowest BCUT2D eigenvalue weighted by Gasteiger charge is -2.11. The highest BCUT2D eigenvalue weighted by Crippen LogP contribution is 2.17. The lowest BCUT2D eigenvalue weighted by Crippen LogP contribution is -2.23. The van der Waals surface area contributed by atoms with Crippen LogP contribution >= 0.6 is 12.2 Å². The van der Waals surface area contributed by atoms with E-state index < -0.39 is 0 Å². The predicted molar refractivity (Wildman–Crippen MR) is 81.1 cm³/mol. The standard InChI is InChI=1S/C14H15N3O2S/c1-10-8-13(18)17(9-16-10)6-7-19-12-5-3-2-4-11(12)14(15)20/h2-5,8-9H,6-7H2,1H3,(H2,15,20). The molecule has 0 unspecified atom stereocenters. The number of ether oxygens (including phenoxy) is 1. The van der Waals surface area contributed by atoms with Gasteiger partial charge in [-0.15, -0.1) is 0 Å². The van der Waals surface area contributed by atoms with Gasteiger partial charge in [-0.05, 0) is 19.1 Å². The molecular formula is C14H15N3O2S. The maximum Gasteiger partial charge on any atom is 0.253 e. The van der Waals surface area contributed by atoms with Gasteiger partial charge in [-0.3, -0.25) is 9.36 Å². The van der Waals surface area contributed by atoms with E-state index in [1.54, 1.807) is 19.1 Å². The third-order valence-corrected chi connectivity index (χ3v) is 2.98. The number of nitrogens with zero attached hydrogens (tertiary/aromatic N) is 2. The Bertz CT molecular complexity index is 682. The molecule has 0 fully saturated rings. The molecule has 1 heterocycles. The second kappa shape index (κ2) is 6.29. The van der Waals surface area contributed by atoms with Crippen LogP contribution in [0.1, 0.15) is 11.3 Å². The summed E-state index contributed by atoms with van der Waals surface area (Å²) in [4.78, 5) is 16.0. The van der Waals surface area contributed by atoms with Gasteiger partial charge in [0.1, 0.15) is 17.3 Å². The van der Waals surface area contributed by atoms with Crippen molar-refractivity contribution in [2.75, 3.05) is 6.61 Å². The number of benzene rings is 1. The van der Waals surface area contributed by atoms with E-state index in [-0.39, 0.29) is 10.5 Å². The van der Waals surface area contributed by atoms with Crippen LogP contribution in [0, 0.1) is 6.92 Å². The molecule has 0 spiro atoms. The number of hydrogen-bond donors (Lipinski definition) is 1. The summed E-state index contributed by atoms with van der Waals surface area (Å²) >= 11 is 4.96. The summed E-state index contributed by atoms with van der Waals surface area (Å²) in [6, 6.07) is 8.78. The first-order chi connectivity index (χ1) is 9.58. The zero-order chi connectivity index (χ0) is 14.5. The number of nitrogens with two attached hydrogens (primary N) is 1. The normalized spacial score (nSPS) is 10.2. The molecule has 0 atom stereocenters. The van der Waals surface area contributed by atoms with Crippen molar-refractivity contribution in [2.45, 2.75) is 13.5 Å². The fourth-order valence-electron chi connectivity index (χ4n) is 1.73. The number of hydrogen-bond acceptors (Lipinski definition) is 4. The minimum Gasteiger partial charge on any atom is -0.491 e. The van der Waals surface area contributed by atoms with Crippen molar-refractivity contribution in [2.24, 2.45) is 5.73 Å². The number of aromatic nitrogens is 2. The van der Waals surface area contributed by atoms with Crippen LogP contribution in [0.3, 0.4) is 0 Å². The van der Waals surface area contributed by atoms with Crippen LogP contribution in [0.2, 0.25) is 0 Å². The molecule has 2 N–H and O–H groups in total. The number of aryl methyl sites for hydroxylation is 1. The molecule has 0 saturated heterocycles. The topological polar surface area (TPSA) is 70.1 Å². The second-order valence-electron chi connectivity index (χ2n) is 4.27. The molecule has 0 saturated carbocycles. The summed E-state index contributed by atoms with van der Waals surface area (Å²) < 4.78 is 7.13. The van der Waals surface area contributed by atoms with Gasteiger partial charge in [-0.1, -0.05) is 24.4 Å². The minimum absolute atomic E-state index is 0.0938. The van der Waals surface area contributed by atoms with Crippen LogP contribution in [-0.4, -0.2) is 21.1 Å². The van der Waals surface area contributed by atoms with Crippen molar-refractivity contribution in [3.8, 4) is 5.75 Å². The maximum absolute atomic E-state index is 11.7. The highest BCUT2D eigenvalue weighted by Gasteiger charge is 2.05. The lowest BCUT2D eigenvalue weighted by atomic mass is 10.2. The summed E-state index contributed by atoms with van der Waals surface area (Å²) in [6.45, 7) is 2.53. The van der Waals surface area contributed by atoms with Crippen LogP contribution < -0.4 is 16.0 Å². The molecule has 0 amide bonds. The molecule has 0 aliphatic rings. The van der Waals surface area contributed by atoms with Gasteiger partial charge in [0, 0.05) is 11.8 Å². The first kappa shape index (κ1) is 14.2. The number of thiocarbonyl (C=S) groups is 1. The summed E-state index contributed by atoms with van der Waals surface area (Å²) in [5.74, 6) is 0.619. The number of rotatable bonds is 5. The molecule has 5 nitrogen and oxygen atoms in total. The molecule has 1 aromatic heterocycles. The Balaban J connectivity index is 2.03. The molecule has 0 radical (unpaired) electrons. The zero-order valence-corrected chi connectivity index (χ0v) is 11.9. The van der Waals surface area contributed by atoms with E-state index in [1.807, 2.05) is 12.1 Å². The van der Waals surface area contributed by atoms with E-state index in [0.29, 0.717) is 30.2 Å². The summed E-state index contributed by atoms with van der Waals surface area (Å²) in [7, 11) is 0. The molecule has 0 aliphatic carbocycles. The SMILES string of the molecule is Cc1cc(=O)n(CCOc2ccccc2C(N)=S)cn1. The van der Waals surface area contributed by atoms with Gasteiger partial charge in [0.2, 0.25) is 0 Å². The van der Waals surface area contributed by atoms with Gasteiger partial charge < -0.3 is 10.5 Å². The molecule has 0 bridgehead atoms. The van der Waals surface area contributed by atoms with E-state index in [4.69, 9.17) is 22.7 Å². The van der Waals surface area contributed by atoms with E-state index in [2.05, 4.69) is 4.98 Å². The third kappa shape index (κ3) is 3.42. The maximum atomic E-state index is 11.7. The van der Waals surface area contributed by atoms with Gasteiger partial charge >= 0.3 is 0 Å². The first-order valence-electron chi connectivity index (χ1n) is 6.12. The van der Waals surface area contributed by atoms with Gasteiger partial charge in [-0.2, -0.15) is 0 Å². The summed E-state index contributed by atoms with van der Waals surface area (Å²) in [6.07, 6.45) is 1.51. The Morgan fingerprint density at radius 3 is 2.90 bits per heavy atom. The molecule has 2 rings (SSSR count). The highest BCUT2D eigenvalue weighted by atomic mass is 32.1. The van der Waals surface area contributed by atoms with Crippen molar-refractivity contribution in [1.82, 2.24) is 9.55 Å². The average Bonchev–Trinajstić information content (AvgIpc) is 2.41. The van der Waals surface area contributed by atoms with Crippen LogP contribution in [0.4, 0.5) is 0 Å². The molecule has 2 aromatic rings. The fraction of sp³-hybridized carbons (Fsp3) is 0.214. The quantitative estimate of drug-likeness (QED) is 0.839. The van der Waals surface area contributed by atoms with Crippen LogP contribution in [-0.2, 0) is 6.54 Å². The Hall–Kier alpha value is -2.21. The van der Waals surface area contributed by atoms with Crippen LogP contribution in [0.15, 0.2) is 41.5 Å². The van der Waals surface area contributed by atoms with Crippen molar-refractivity contribution < 1.29 is 4.74 Å². The Kier molecular flexibility index (Phi) is 4.47. The van der Waals surface area contributed by atoms with Crippen molar-refractivity contribution in [3.63, 3.8) is 0 Å². The average molecular weight is 289 g/mol. The van der Waals surface area contributed by atoms with Gasteiger partial charge in [0.05, 0.1) is 18.4 Å². The zero-order valence-electron chi connectivity index (χ0n) is 11.1. The second-order valence-corrected chi connectivity index (χ2v) is 4.71. The Labute approximate surface area is 122 Å². The fourth-order valence-corrected chi connectivity index (χ4v) is 1.90. The molecule has 104 valence electrons. The smallest absolute Gasteiger partial charge is 0.253 e. The first-order valence-corrected chi connectivity index (χ1v) is 6.53. The molecule has 1 aromatic carbocycles. The van der Waals surface area contributed by atoms with Gasteiger partial charge in [0.25, 0.3) is 5.56 Å². The van der Waals surface area contributed by atoms with Gasteiger partial charge in [-0.25, -0.2) is 4.98 Å². The Morgan fingerprint density at radius 1 is 1.45 bits per heavy atom. The lowest BCUT2D eigenvalue weighted by molar-refractivity contribution is 0.295. The monoisotopic (exact) mass is 289 g/mol.